The zero-order valence-electron chi connectivity index (χ0n) is 11.8. The molecule has 0 saturated carbocycles. The van der Waals surface area contributed by atoms with Crippen molar-refractivity contribution in [3.8, 4) is 0 Å². The van der Waals surface area contributed by atoms with E-state index in [1.807, 2.05) is 20.8 Å². The minimum Gasteiger partial charge on any atom is -0.330 e. The number of nitrogens with zero attached hydrogens (tertiary/aromatic N) is 2. The van der Waals surface area contributed by atoms with Gasteiger partial charge >= 0.3 is 11.8 Å². The van der Waals surface area contributed by atoms with E-state index >= 15 is 0 Å². The van der Waals surface area contributed by atoms with Crippen molar-refractivity contribution in [2.75, 3.05) is 19.6 Å². The number of carbonyl (C=O) groups excluding carboxylic acids is 3. The average Bonchev–Trinajstić information content (AvgIpc) is 2.23. The fourth-order valence-corrected chi connectivity index (χ4v) is 1.68. The highest BCUT2D eigenvalue weighted by Crippen LogP contribution is 2.13. The topological polar surface area (TPSA) is 83.7 Å². The summed E-state index contributed by atoms with van der Waals surface area (Å²) in [5, 5.41) is 0. The second-order valence-electron chi connectivity index (χ2n) is 4.98. The van der Waals surface area contributed by atoms with Gasteiger partial charge in [0.25, 0.3) is 0 Å². The van der Waals surface area contributed by atoms with Crippen molar-refractivity contribution in [3.63, 3.8) is 0 Å². The fraction of sp³-hybridized carbons (Fsp3) is 0.750. The molecule has 18 heavy (non-hydrogen) atoms. The van der Waals surface area contributed by atoms with Crippen LogP contribution in [0.1, 0.15) is 34.6 Å². The second-order valence-corrected chi connectivity index (χ2v) is 4.98. The van der Waals surface area contributed by atoms with E-state index in [1.165, 1.54) is 11.8 Å². The van der Waals surface area contributed by atoms with Gasteiger partial charge in [-0.3, -0.25) is 19.3 Å². The summed E-state index contributed by atoms with van der Waals surface area (Å²) in [4.78, 5) is 37.7. The van der Waals surface area contributed by atoms with Crippen LogP contribution >= 0.6 is 0 Å². The van der Waals surface area contributed by atoms with Gasteiger partial charge in [0.1, 0.15) is 0 Å². The number of carbonyl (C=O) groups is 3. The Morgan fingerprint density at radius 2 is 1.61 bits per heavy atom. The van der Waals surface area contributed by atoms with E-state index in [0.717, 1.165) is 4.90 Å². The van der Waals surface area contributed by atoms with Crippen molar-refractivity contribution in [3.05, 3.63) is 0 Å². The van der Waals surface area contributed by atoms with Crippen LogP contribution in [-0.2, 0) is 14.4 Å². The van der Waals surface area contributed by atoms with Crippen molar-refractivity contribution < 1.29 is 14.4 Å². The molecule has 3 amide bonds. The molecule has 0 atom stereocenters. The number of hydrogen-bond acceptors (Lipinski definition) is 4. The highest BCUT2D eigenvalue weighted by Gasteiger charge is 2.33. The van der Waals surface area contributed by atoms with Crippen molar-refractivity contribution in [1.29, 1.82) is 0 Å². The molecule has 0 rings (SSSR count). The zero-order chi connectivity index (χ0) is 14.5. The molecule has 0 aliphatic heterocycles. The first kappa shape index (κ1) is 16.6. The van der Waals surface area contributed by atoms with E-state index < -0.39 is 23.3 Å². The summed E-state index contributed by atoms with van der Waals surface area (Å²) < 4.78 is 0. The standard InChI is InChI=1S/C12H23N3O3/c1-6-15(12(3,4)5)11(18)10(17)14(8-7-13)9(2)16/h6-8,13H2,1-5H3. The van der Waals surface area contributed by atoms with Gasteiger partial charge in [-0.2, -0.15) is 0 Å². The Labute approximate surface area is 108 Å². The minimum atomic E-state index is -0.815. The molecule has 6 nitrogen and oxygen atoms in total. The Hall–Kier alpha value is -1.43. The van der Waals surface area contributed by atoms with Gasteiger partial charge in [-0.05, 0) is 27.7 Å². The maximum Gasteiger partial charge on any atom is 0.318 e. The van der Waals surface area contributed by atoms with E-state index in [-0.39, 0.29) is 13.1 Å². The first-order valence-electron chi connectivity index (χ1n) is 6.00. The maximum atomic E-state index is 12.1. The Bertz CT molecular complexity index is 334. The Morgan fingerprint density at radius 3 is 1.89 bits per heavy atom. The minimum absolute atomic E-state index is 0.0571. The van der Waals surface area contributed by atoms with Crippen LogP contribution in [0.25, 0.3) is 0 Å². The summed E-state index contributed by atoms with van der Waals surface area (Å²) in [5.41, 5.74) is 4.86. The SMILES string of the molecule is CCN(C(=O)C(=O)N(CCN)C(C)=O)C(C)(C)C. The van der Waals surface area contributed by atoms with Crippen LogP contribution < -0.4 is 5.73 Å². The van der Waals surface area contributed by atoms with E-state index in [4.69, 9.17) is 5.73 Å². The lowest BCUT2D eigenvalue weighted by Gasteiger charge is -2.35. The molecule has 0 radical (unpaired) electrons. The lowest BCUT2D eigenvalue weighted by Crippen LogP contribution is -2.54. The van der Waals surface area contributed by atoms with Crippen molar-refractivity contribution in [2.45, 2.75) is 40.2 Å². The molecule has 0 aromatic carbocycles. The van der Waals surface area contributed by atoms with E-state index in [2.05, 4.69) is 0 Å². The summed E-state index contributed by atoms with van der Waals surface area (Å²) in [5.74, 6) is -1.96. The van der Waals surface area contributed by atoms with Gasteiger partial charge < -0.3 is 10.6 Å². The number of hydrogen-bond donors (Lipinski definition) is 1. The zero-order valence-corrected chi connectivity index (χ0v) is 11.8. The van der Waals surface area contributed by atoms with Crippen LogP contribution in [-0.4, -0.2) is 52.7 Å². The van der Waals surface area contributed by atoms with Crippen LogP contribution in [0.15, 0.2) is 0 Å². The molecule has 0 aromatic rings. The predicted octanol–water partition coefficient (Wildman–Crippen LogP) is -0.0328. The van der Waals surface area contributed by atoms with Gasteiger partial charge in [0.05, 0.1) is 0 Å². The number of nitrogens with two attached hydrogens (primary N) is 1. The first-order valence-corrected chi connectivity index (χ1v) is 6.00. The average molecular weight is 257 g/mol. The normalized spacial score (nSPS) is 11.0. The molecule has 0 heterocycles. The van der Waals surface area contributed by atoms with Gasteiger partial charge in [0.15, 0.2) is 0 Å². The molecular formula is C12H23N3O3. The molecule has 0 bridgehead atoms. The van der Waals surface area contributed by atoms with Crippen molar-refractivity contribution in [2.24, 2.45) is 5.73 Å². The van der Waals surface area contributed by atoms with Crippen LogP contribution in [0.5, 0.6) is 0 Å². The molecule has 0 spiro atoms. The number of rotatable bonds is 3. The molecule has 0 aliphatic carbocycles. The Balaban J connectivity index is 5.06. The van der Waals surface area contributed by atoms with Crippen LogP contribution in [0.3, 0.4) is 0 Å². The molecule has 0 aliphatic rings. The second kappa shape index (κ2) is 6.49. The number of imide groups is 1. The Kier molecular flexibility index (Phi) is 5.97. The highest BCUT2D eigenvalue weighted by atomic mass is 16.2. The molecule has 104 valence electrons. The quantitative estimate of drug-likeness (QED) is 0.719. The smallest absolute Gasteiger partial charge is 0.318 e. The monoisotopic (exact) mass is 257 g/mol. The third-order valence-corrected chi connectivity index (χ3v) is 2.53. The fourth-order valence-electron chi connectivity index (χ4n) is 1.68. The summed E-state index contributed by atoms with van der Waals surface area (Å²) in [7, 11) is 0. The highest BCUT2D eigenvalue weighted by molar-refractivity contribution is 6.37. The van der Waals surface area contributed by atoms with E-state index in [9.17, 15) is 14.4 Å². The molecule has 0 aromatic heterocycles. The van der Waals surface area contributed by atoms with Gasteiger partial charge in [0.2, 0.25) is 5.91 Å². The lowest BCUT2D eigenvalue weighted by molar-refractivity contribution is -0.158. The number of likely N-dealkylation sites (N-methyl/N-ethyl adjacent to an activating group) is 1. The van der Waals surface area contributed by atoms with Gasteiger partial charge in [0, 0.05) is 32.1 Å². The van der Waals surface area contributed by atoms with Gasteiger partial charge in [-0.25, -0.2) is 0 Å². The van der Waals surface area contributed by atoms with Crippen molar-refractivity contribution >= 4 is 17.7 Å². The van der Waals surface area contributed by atoms with Crippen LogP contribution in [0.4, 0.5) is 0 Å². The largest absolute Gasteiger partial charge is 0.330 e. The maximum absolute atomic E-state index is 12.1. The van der Waals surface area contributed by atoms with E-state index in [1.54, 1.807) is 6.92 Å². The molecule has 2 N–H and O–H groups in total. The molecule has 6 heteroatoms. The predicted molar refractivity (Wildman–Crippen MR) is 68.6 cm³/mol. The third-order valence-electron chi connectivity index (χ3n) is 2.53. The van der Waals surface area contributed by atoms with Crippen molar-refractivity contribution in [1.82, 2.24) is 9.80 Å². The summed E-state index contributed by atoms with van der Waals surface area (Å²) in [6, 6.07) is 0. The summed E-state index contributed by atoms with van der Waals surface area (Å²) >= 11 is 0. The van der Waals surface area contributed by atoms with Crippen LogP contribution in [0.2, 0.25) is 0 Å². The molecule has 0 unspecified atom stereocenters. The summed E-state index contributed by atoms with van der Waals surface area (Å²) in [6.07, 6.45) is 0. The molecular weight excluding hydrogens is 234 g/mol. The molecule has 0 saturated heterocycles. The lowest BCUT2D eigenvalue weighted by atomic mass is 10.1. The van der Waals surface area contributed by atoms with Crippen LogP contribution in [0, 0.1) is 0 Å². The van der Waals surface area contributed by atoms with E-state index in [0.29, 0.717) is 6.54 Å². The Morgan fingerprint density at radius 1 is 1.11 bits per heavy atom. The van der Waals surface area contributed by atoms with Gasteiger partial charge in [-0.15, -0.1) is 0 Å². The molecule has 0 fully saturated rings. The summed E-state index contributed by atoms with van der Waals surface area (Å²) in [6.45, 7) is 9.14. The van der Waals surface area contributed by atoms with Gasteiger partial charge in [-0.1, -0.05) is 0 Å². The number of amides is 3. The first-order chi connectivity index (χ1) is 8.16. The third kappa shape index (κ3) is 4.10.